The second-order valence-corrected chi connectivity index (χ2v) is 7.28. The molecule has 0 spiro atoms. The monoisotopic (exact) mass is 382 g/mol. The van der Waals surface area contributed by atoms with Crippen LogP contribution in [0.15, 0.2) is 18.2 Å². The Balaban J connectivity index is 1.84. The van der Waals surface area contributed by atoms with Crippen molar-refractivity contribution in [1.82, 2.24) is 19.5 Å². The summed E-state index contributed by atoms with van der Waals surface area (Å²) in [5, 5.41) is 15.0. The molecule has 0 aliphatic carbocycles. The van der Waals surface area contributed by atoms with E-state index in [1.165, 1.54) is 21.9 Å². The molecule has 0 unspecified atom stereocenters. The number of aryl methyl sites for hydroxylation is 1. The van der Waals surface area contributed by atoms with Crippen molar-refractivity contribution in [3.8, 4) is 5.88 Å². The average molecular weight is 383 g/mol. The van der Waals surface area contributed by atoms with Crippen LogP contribution < -0.4 is 0 Å². The lowest BCUT2D eigenvalue weighted by Crippen LogP contribution is -2.39. The highest BCUT2D eigenvalue weighted by Gasteiger charge is 2.30. The van der Waals surface area contributed by atoms with Crippen LogP contribution in [0.25, 0.3) is 4.96 Å². The minimum absolute atomic E-state index is 0.0533. The van der Waals surface area contributed by atoms with Crippen LogP contribution in [0, 0.1) is 12.7 Å². The molecule has 1 aromatic carbocycles. The van der Waals surface area contributed by atoms with E-state index in [9.17, 15) is 9.50 Å². The highest BCUT2D eigenvalue weighted by atomic mass is 35.5. The Morgan fingerprint density at radius 2 is 2.12 bits per heavy atom. The van der Waals surface area contributed by atoms with Gasteiger partial charge in [-0.2, -0.15) is 4.52 Å². The predicted molar refractivity (Wildman–Crippen MR) is 92.9 cm³/mol. The van der Waals surface area contributed by atoms with Gasteiger partial charge in [0.05, 0.1) is 29.2 Å². The van der Waals surface area contributed by atoms with Crippen molar-refractivity contribution >= 4 is 27.9 Å². The molecule has 132 valence electrons. The van der Waals surface area contributed by atoms with Crippen molar-refractivity contribution in [3.05, 3.63) is 45.3 Å². The zero-order chi connectivity index (χ0) is 17.6. The average Bonchev–Trinajstić information content (AvgIpc) is 3.10. The van der Waals surface area contributed by atoms with E-state index in [1.807, 2.05) is 0 Å². The van der Waals surface area contributed by atoms with Gasteiger partial charge in [0.2, 0.25) is 10.8 Å². The molecular weight excluding hydrogens is 367 g/mol. The quantitative estimate of drug-likeness (QED) is 0.754. The lowest BCUT2D eigenvalue weighted by Gasteiger charge is -2.34. The summed E-state index contributed by atoms with van der Waals surface area (Å²) in [7, 11) is 0. The Morgan fingerprint density at radius 3 is 2.80 bits per heavy atom. The van der Waals surface area contributed by atoms with Gasteiger partial charge in [0.25, 0.3) is 0 Å². The molecule has 1 aliphatic rings. The Bertz CT molecular complexity index is 922. The topological polar surface area (TPSA) is 62.9 Å². The lowest BCUT2D eigenvalue weighted by molar-refractivity contribution is 0.0241. The number of benzene rings is 1. The molecule has 0 radical (unpaired) electrons. The van der Waals surface area contributed by atoms with Crippen molar-refractivity contribution in [2.24, 2.45) is 0 Å². The van der Waals surface area contributed by atoms with Crippen molar-refractivity contribution in [2.75, 3.05) is 26.3 Å². The summed E-state index contributed by atoms with van der Waals surface area (Å²) >= 11 is 7.37. The van der Waals surface area contributed by atoms with Crippen LogP contribution in [0.2, 0.25) is 5.02 Å². The standard InChI is InChI=1S/C16H16ClFN4O2S/c1-9-19-16-22(20-9)15(23)14(25-16)13(21-4-6-24-7-5-21)10-2-3-12(18)11(17)8-10/h2-3,8,13,23H,4-7H2,1H3/t13-/m1/s1. The fourth-order valence-electron chi connectivity index (χ4n) is 3.07. The number of fused-ring (bicyclic) bond motifs is 1. The number of thiazole rings is 1. The number of hydrogen-bond donors (Lipinski definition) is 1. The number of nitrogens with zero attached hydrogens (tertiary/aromatic N) is 4. The van der Waals surface area contributed by atoms with Crippen LogP contribution in [0.1, 0.15) is 22.3 Å². The third-order valence-corrected chi connectivity index (χ3v) is 5.59. The third-order valence-electron chi connectivity index (χ3n) is 4.22. The van der Waals surface area contributed by atoms with Crippen LogP contribution in [-0.2, 0) is 4.74 Å². The van der Waals surface area contributed by atoms with Gasteiger partial charge in [-0.05, 0) is 24.6 Å². The van der Waals surface area contributed by atoms with Gasteiger partial charge in [-0.1, -0.05) is 29.0 Å². The molecule has 1 aliphatic heterocycles. The number of morpholine rings is 1. The van der Waals surface area contributed by atoms with Crippen LogP contribution in [0.3, 0.4) is 0 Å². The summed E-state index contributed by atoms with van der Waals surface area (Å²) in [6, 6.07) is 4.39. The minimum Gasteiger partial charge on any atom is -0.492 e. The van der Waals surface area contributed by atoms with Crippen molar-refractivity contribution in [3.63, 3.8) is 0 Å². The number of aromatic nitrogens is 3. The van der Waals surface area contributed by atoms with Gasteiger partial charge in [-0.25, -0.2) is 9.37 Å². The molecule has 1 saturated heterocycles. The fourth-order valence-corrected chi connectivity index (χ4v) is 4.42. The summed E-state index contributed by atoms with van der Waals surface area (Å²) < 4.78 is 20.5. The largest absolute Gasteiger partial charge is 0.492 e. The number of hydrogen-bond acceptors (Lipinski definition) is 6. The smallest absolute Gasteiger partial charge is 0.230 e. The van der Waals surface area contributed by atoms with Crippen LogP contribution in [0.5, 0.6) is 5.88 Å². The van der Waals surface area contributed by atoms with E-state index in [2.05, 4.69) is 15.0 Å². The third kappa shape index (κ3) is 2.99. The first-order valence-electron chi connectivity index (χ1n) is 7.86. The van der Waals surface area contributed by atoms with Crippen LogP contribution >= 0.6 is 22.9 Å². The predicted octanol–water partition coefficient (Wildman–Crippen LogP) is 3.02. The molecule has 25 heavy (non-hydrogen) atoms. The summed E-state index contributed by atoms with van der Waals surface area (Å²) in [6.07, 6.45) is 0. The van der Waals surface area contributed by atoms with E-state index in [0.29, 0.717) is 42.0 Å². The SMILES string of the molecule is Cc1nc2sc([C@@H](c3ccc(F)c(Cl)c3)N3CCOCC3)c(O)n2n1. The first kappa shape index (κ1) is 16.7. The van der Waals surface area contributed by atoms with Crippen LogP contribution in [0.4, 0.5) is 4.39 Å². The molecular formula is C16H16ClFN4O2S. The number of halogens is 2. The first-order chi connectivity index (χ1) is 12.0. The van der Waals surface area contributed by atoms with Crippen LogP contribution in [-0.4, -0.2) is 50.9 Å². The molecule has 6 nitrogen and oxygen atoms in total. The van der Waals surface area contributed by atoms with E-state index < -0.39 is 5.82 Å². The van der Waals surface area contributed by atoms with Gasteiger partial charge < -0.3 is 9.84 Å². The summed E-state index contributed by atoms with van der Waals surface area (Å²) in [5.41, 5.74) is 0.810. The van der Waals surface area contributed by atoms with Gasteiger partial charge in [0.15, 0.2) is 0 Å². The molecule has 1 fully saturated rings. The molecule has 0 saturated carbocycles. The summed E-state index contributed by atoms with van der Waals surface area (Å²) in [4.78, 5) is 7.84. The Kier molecular flexibility index (Phi) is 4.36. The normalized spacial score (nSPS) is 17.2. The Hall–Kier alpha value is -1.74. The van der Waals surface area contributed by atoms with E-state index in [4.69, 9.17) is 16.3 Å². The fraction of sp³-hybridized carbons (Fsp3) is 0.375. The van der Waals surface area contributed by atoms with Gasteiger partial charge in [0, 0.05) is 13.1 Å². The maximum absolute atomic E-state index is 13.6. The van der Waals surface area contributed by atoms with Crippen molar-refractivity contribution < 1.29 is 14.2 Å². The van der Waals surface area contributed by atoms with E-state index >= 15 is 0 Å². The number of ether oxygens (including phenoxy) is 1. The second kappa shape index (κ2) is 6.53. The molecule has 0 bridgehead atoms. The van der Waals surface area contributed by atoms with Crippen molar-refractivity contribution in [1.29, 1.82) is 0 Å². The highest BCUT2D eigenvalue weighted by Crippen LogP contribution is 2.40. The molecule has 9 heteroatoms. The molecule has 3 aromatic rings. The van der Waals surface area contributed by atoms with Gasteiger partial charge >= 0.3 is 0 Å². The highest BCUT2D eigenvalue weighted by molar-refractivity contribution is 7.17. The molecule has 3 heterocycles. The molecule has 0 amide bonds. The van der Waals surface area contributed by atoms with Gasteiger partial charge in [-0.3, -0.25) is 4.90 Å². The summed E-state index contributed by atoms with van der Waals surface area (Å²) in [6.45, 7) is 4.38. The molecule has 2 aromatic heterocycles. The zero-order valence-electron chi connectivity index (χ0n) is 13.4. The van der Waals surface area contributed by atoms with Gasteiger partial charge in [-0.15, -0.1) is 5.10 Å². The van der Waals surface area contributed by atoms with E-state index in [0.717, 1.165) is 5.56 Å². The minimum atomic E-state index is -0.464. The van der Waals surface area contributed by atoms with Gasteiger partial charge in [0.1, 0.15) is 11.6 Å². The van der Waals surface area contributed by atoms with E-state index in [1.54, 1.807) is 19.1 Å². The lowest BCUT2D eigenvalue weighted by atomic mass is 10.0. The Labute approximate surface area is 152 Å². The maximum atomic E-state index is 13.6. The van der Waals surface area contributed by atoms with Crippen molar-refractivity contribution in [2.45, 2.75) is 13.0 Å². The Morgan fingerprint density at radius 1 is 1.36 bits per heavy atom. The second-order valence-electron chi connectivity index (χ2n) is 5.87. The molecule has 1 atom stereocenters. The zero-order valence-corrected chi connectivity index (χ0v) is 15.0. The molecule has 4 rings (SSSR count). The number of aromatic hydroxyl groups is 1. The van der Waals surface area contributed by atoms with E-state index in [-0.39, 0.29) is 16.9 Å². The number of rotatable bonds is 3. The summed E-state index contributed by atoms with van der Waals surface area (Å²) in [5.74, 6) is 0.187. The first-order valence-corrected chi connectivity index (χ1v) is 9.06. The maximum Gasteiger partial charge on any atom is 0.230 e. The molecule has 1 N–H and O–H groups in total.